The van der Waals surface area contributed by atoms with Crippen LogP contribution in [0.25, 0.3) is 10.8 Å². The first kappa shape index (κ1) is 20.8. The van der Waals surface area contributed by atoms with Crippen LogP contribution in [0.2, 0.25) is 0 Å². The molecule has 0 aliphatic heterocycles. The molecule has 4 rings (SSSR count). The van der Waals surface area contributed by atoms with Crippen LogP contribution in [0, 0.1) is 23.5 Å². The minimum Gasteiger partial charge on any atom is -0.207 e. The van der Waals surface area contributed by atoms with Crippen LogP contribution >= 0.6 is 0 Å². The van der Waals surface area contributed by atoms with Crippen molar-refractivity contribution >= 4 is 10.8 Å². The maximum Gasteiger partial charge on any atom is 0.126 e. The molecule has 2 heteroatoms. The Kier molecular flexibility index (Phi) is 6.43. The van der Waals surface area contributed by atoms with Crippen molar-refractivity contribution in [2.75, 3.05) is 0 Å². The van der Waals surface area contributed by atoms with Crippen LogP contribution in [0.15, 0.2) is 78.9 Å². The second-order valence-corrected chi connectivity index (χ2v) is 7.83. The van der Waals surface area contributed by atoms with E-state index in [0.717, 1.165) is 57.9 Å². The molecule has 0 N–H and O–H groups in total. The third kappa shape index (κ3) is 5.38. The predicted molar refractivity (Wildman–Crippen MR) is 124 cm³/mol. The third-order valence-corrected chi connectivity index (χ3v) is 5.45. The molecule has 0 saturated heterocycles. The zero-order chi connectivity index (χ0) is 21.6. The first-order valence-electron chi connectivity index (χ1n) is 10.7. The maximum atomic E-state index is 14.3. The molecule has 0 bridgehead atoms. The van der Waals surface area contributed by atoms with E-state index in [9.17, 15) is 8.78 Å². The molecule has 0 spiro atoms. The van der Waals surface area contributed by atoms with E-state index in [-0.39, 0.29) is 11.6 Å². The minimum absolute atomic E-state index is 0.105. The van der Waals surface area contributed by atoms with Crippen molar-refractivity contribution < 1.29 is 8.78 Å². The summed E-state index contributed by atoms with van der Waals surface area (Å²) in [5.41, 5.74) is 4.81. The summed E-state index contributed by atoms with van der Waals surface area (Å²) in [5, 5.41) is 1.84. The molecule has 4 aromatic rings. The molecule has 0 aliphatic rings. The van der Waals surface area contributed by atoms with Gasteiger partial charge >= 0.3 is 0 Å². The number of aryl methyl sites for hydroxylation is 3. The van der Waals surface area contributed by atoms with Gasteiger partial charge in [-0.25, -0.2) is 8.78 Å². The lowest BCUT2D eigenvalue weighted by Gasteiger charge is -2.06. The molecule has 0 heterocycles. The Balaban J connectivity index is 1.40. The first-order valence-corrected chi connectivity index (χ1v) is 10.7. The van der Waals surface area contributed by atoms with Crippen molar-refractivity contribution in [2.24, 2.45) is 0 Å². The molecular formula is C29H24F2. The first-order chi connectivity index (χ1) is 15.1. The topological polar surface area (TPSA) is 0 Å². The maximum absolute atomic E-state index is 14.3. The molecule has 0 fully saturated rings. The average Bonchev–Trinajstić information content (AvgIpc) is 2.78. The van der Waals surface area contributed by atoms with E-state index in [1.165, 1.54) is 12.1 Å². The van der Waals surface area contributed by atoms with Gasteiger partial charge < -0.3 is 0 Å². The van der Waals surface area contributed by atoms with E-state index in [4.69, 9.17) is 0 Å². The molecule has 0 amide bonds. The van der Waals surface area contributed by atoms with Crippen LogP contribution in [-0.2, 0) is 19.3 Å². The monoisotopic (exact) mass is 410 g/mol. The molecule has 0 unspecified atom stereocenters. The summed E-state index contributed by atoms with van der Waals surface area (Å²) in [6.45, 7) is 2.10. The van der Waals surface area contributed by atoms with Gasteiger partial charge in [-0.2, -0.15) is 0 Å². The van der Waals surface area contributed by atoms with E-state index in [1.807, 2.05) is 42.5 Å². The summed E-state index contributed by atoms with van der Waals surface area (Å²) in [6, 6.07) is 24.2. The van der Waals surface area contributed by atoms with Gasteiger partial charge in [-0.3, -0.25) is 0 Å². The van der Waals surface area contributed by atoms with Gasteiger partial charge in [0.05, 0.1) is 0 Å². The van der Waals surface area contributed by atoms with Gasteiger partial charge in [0, 0.05) is 11.1 Å². The van der Waals surface area contributed by atoms with Crippen molar-refractivity contribution in [3.05, 3.63) is 118 Å². The SMILES string of the molecule is CCCc1ccc(CCc2ccc(C#Cc3ccc4cc(F)ccc4c3)cc2)c(F)c1. The Bertz CT molecular complexity index is 1260. The van der Waals surface area contributed by atoms with Crippen molar-refractivity contribution in [1.82, 2.24) is 0 Å². The van der Waals surface area contributed by atoms with Crippen molar-refractivity contribution in [3.8, 4) is 11.8 Å². The molecule has 154 valence electrons. The minimum atomic E-state index is -0.234. The number of fused-ring (bicyclic) bond motifs is 1. The Hall–Kier alpha value is -3.44. The normalized spacial score (nSPS) is 10.7. The highest BCUT2D eigenvalue weighted by Gasteiger charge is 2.04. The van der Waals surface area contributed by atoms with E-state index < -0.39 is 0 Å². The largest absolute Gasteiger partial charge is 0.207 e. The number of hydrogen-bond acceptors (Lipinski definition) is 0. The highest BCUT2D eigenvalue weighted by Crippen LogP contribution is 2.18. The molecule has 0 nitrogen and oxygen atoms in total. The van der Waals surface area contributed by atoms with Gasteiger partial charge in [-0.15, -0.1) is 0 Å². The Morgan fingerprint density at radius 1 is 0.613 bits per heavy atom. The van der Waals surface area contributed by atoms with Crippen LogP contribution in [0.4, 0.5) is 8.78 Å². The van der Waals surface area contributed by atoms with Gasteiger partial charge in [0.15, 0.2) is 0 Å². The second-order valence-electron chi connectivity index (χ2n) is 7.83. The summed E-state index contributed by atoms with van der Waals surface area (Å²) < 4.78 is 27.6. The second kappa shape index (κ2) is 9.58. The van der Waals surface area contributed by atoms with Gasteiger partial charge in [-0.1, -0.05) is 61.6 Å². The van der Waals surface area contributed by atoms with Gasteiger partial charge in [0.2, 0.25) is 0 Å². The van der Waals surface area contributed by atoms with Gasteiger partial charge in [-0.05, 0) is 89.2 Å². The van der Waals surface area contributed by atoms with E-state index in [1.54, 1.807) is 12.1 Å². The molecular weight excluding hydrogens is 386 g/mol. The van der Waals surface area contributed by atoms with Crippen molar-refractivity contribution in [1.29, 1.82) is 0 Å². The van der Waals surface area contributed by atoms with Gasteiger partial charge in [0.1, 0.15) is 11.6 Å². The fourth-order valence-corrected chi connectivity index (χ4v) is 3.71. The number of hydrogen-bond donors (Lipinski definition) is 0. The van der Waals surface area contributed by atoms with Crippen LogP contribution < -0.4 is 0 Å². The third-order valence-electron chi connectivity index (χ3n) is 5.45. The lowest BCUT2D eigenvalue weighted by Crippen LogP contribution is -1.96. The van der Waals surface area contributed by atoms with E-state index in [0.29, 0.717) is 6.42 Å². The molecule has 31 heavy (non-hydrogen) atoms. The Morgan fingerprint density at radius 3 is 2.06 bits per heavy atom. The molecule has 0 radical (unpaired) electrons. The van der Waals surface area contributed by atoms with E-state index in [2.05, 4.69) is 30.9 Å². The average molecular weight is 411 g/mol. The summed E-state index contributed by atoms with van der Waals surface area (Å²) in [5.74, 6) is 6.02. The Labute approximate surface area is 182 Å². The zero-order valence-corrected chi connectivity index (χ0v) is 17.6. The number of halogens is 2. The summed E-state index contributed by atoms with van der Waals surface area (Å²) in [7, 11) is 0. The number of benzene rings is 4. The number of rotatable bonds is 5. The fourth-order valence-electron chi connectivity index (χ4n) is 3.71. The predicted octanol–water partition coefficient (Wildman–Crippen LogP) is 7.26. The molecule has 0 aliphatic carbocycles. The standard InChI is InChI=1S/C29H24F2/c1-2-3-23-11-14-25(29(31)19-23)13-10-22-6-4-21(5-7-22)8-9-24-12-15-27-20-28(30)17-16-26(27)18-24/h4-7,11-12,14-20H,2-3,10,13H2,1H3. The van der Waals surface area contributed by atoms with Crippen LogP contribution in [-0.4, -0.2) is 0 Å². The molecule has 0 aromatic heterocycles. The Morgan fingerprint density at radius 2 is 1.29 bits per heavy atom. The highest BCUT2D eigenvalue weighted by atomic mass is 19.1. The van der Waals surface area contributed by atoms with Gasteiger partial charge in [0.25, 0.3) is 0 Å². The smallest absolute Gasteiger partial charge is 0.126 e. The quantitative estimate of drug-likeness (QED) is 0.304. The van der Waals surface area contributed by atoms with Crippen LogP contribution in [0.5, 0.6) is 0 Å². The fraction of sp³-hybridized carbons (Fsp3) is 0.172. The lowest BCUT2D eigenvalue weighted by atomic mass is 10.0. The van der Waals surface area contributed by atoms with Crippen LogP contribution in [0.1, 0.15) is 41.2 Å². The summed E-state index contributed by atoms with van der Waals surface area (Å²) >= 11 is 0. The lowest BCUT2D eigenvalue weighted by molar-refractivity contribution is 0.606. The van der Waals surface area contributed by atoms with Crippen LogP contribution in [0.3, 0.4) is 0 Å². The highest BCUT2D eigenvalue weighted by molar-refractivity contribution is 5.83. The van der Waals surface area contributed by atoms with Crippen molar-refractivity contribution in [3.63, 3.8) is 0 Å². The zero-order valence-electron chi connectivity index (χ0n) is 17.6. The summed E-state index contributed by atoms with van der Waals surface area (Å²) in [4.78, 5) is 0. The van der Waals surface area contributed by atoms with E-state index >= 15 is 0 Å². The van der Waals surface area contributed by atoms with Crippen molar-refractivity contribution in [2.45, 2.75) is 32.6 Å². The molecule has 4 aromatic carbocycles. The molecule has 0 atom stereocenters. The molecule has 0 saturated carbocycles. The summed E-state index contributed by atoms with van der Waals surface area (Å²) in [6.07, 6.45) is 3.41.